The van der Waals surface area contributed by atoms with Gasteiger partial charge in [-0.15, -0.1) is 0 Å². The van der Waals surface area contributed by atoms with E-state index in [1.54, 1.807) is 0 Å². The zero-order valence-corrected chi connectivity index (χ0v) is 20.7. The molecule has 33 heavy (non-hydrogen) atoms. The molecule has 0 fully saturated rings. The van der Waals surface area contributed by atoms with E-state index >= 15 is 0 Å². The molecular formula is C29H33ClN2O. The highest BCUT2D eigenvalue weighted by Gasteiger charge is 2.33. The molecule has 0 saturated heterocycles. The lowest BCUT2D eigenvalue weighted by Gasteiger charge is -2.39. The van der Waals surface area contributed by atoms with E-state index in [0.717, 1.165) is 68.1 Å². The second-order valence-corrected chi connectivity index (χ2v) is 9.64. The first-order valence-corrected chi connectivity index (χ1v) is 12.7. The predicted molar refractivity (Wildman–Crippen MR) is 136 cm³/mol. The highest BCUT2D eigenvalue weighted by atomic mass is 35.5. The quantitative estimate of drug-likeness (QED) is 0.411. The van der Waals surface area contributed by atoms with Gasteiger partial charge in [0.05, 0.1) is 12.8 Å². The standard InChI is InChI=1S/C29H33ClN2O/c1-4-19-9-6-10-20(5-2)28(19)25-17-27(33-3)29-24(31-25)13-8-14-26(29)32-16-15-22-21(18-32)11-7-12-23(22)30/h6-7,9-12,17,26H,4-5,8,13-16,18H2,1-3H3. The molecule has 3 aromatic rings. The molecule has 1 aliphatic carbocycles. The first-order chi connectivity index (χ1) is 16.1. The third-order valence-electron chi connectivity index (χ3n) is 7.48. The lowest BCUT2D eigenvalue weighted by molar-refractivity contribution is 0.158. The van der Waals surface area contributed by atoms with Crippen LogP contribution in [-0.4, -0.2) is 23.5 Å². The topological polar surface area (TPSA) is 25.4 Å². The molecular weight excluding hydrogens is 428 g/mol. The zero-order valence-electron chi connectivity index (χ0n) is 20.0. The first kappa shape index (κ1) is 22.4. The van der Waals surface area contributed by atoms with Gasteiger partial charge in [-0.2, -0.15) is 0 Å². The summed E-state index contributed by atoms with van der Waals surface area (Å²) in [5.41, 5.74) is 10.3. The summed E-state index contributed by atoms with van der Waals surface area (Å²) in [5, 5.41) is 0.904. The molecule has 2 aromatic carbocycles. The highest BCUT2D eigenvalue weighted by molar-refractivity contribution is 6.31. The van der Waals surface area contributed by atoms with Crippen molar-refractivity contribution in [2.45, 2.75) is 65.0 Å². The van der Waals surface area contributed by atoms with Crippen LogP contribution in [-0.2, 0) is 32.2 Å². The second kappa shape index (κ2) is 9.48. The Morgan fingerprint density at radius 3 is 2.55 bits per heavy atom. The van der Waals surface area contributed by atoms with E-state index in [1.165, 1.54) is 39.1 Å². The molecule has 0 N–H and O–H groups in total. The van der Waals surface area contributed by atoms with E-state index in [2.05, 4.69) is 55.1 Å². The third kappa shape index (κ3) is 4.06. The van der Waals surface area contributed by atoms with Crippen molar-refractivity contribution in [1.82, 2.24) is 9.88 Å². The third-order valence-corrected chi connectivity index (χ3v) is 7.83. The van der Waals surface area contributed by atoms with Gasteiger partial charge in [-0.1, -0.05) is 55.8 Å². The van der Waals surface area contributed by atoms with Crippen molar-refractivity contribution in [2.75, 3.05) is 13.7 Å². The van der Waals surface area contributed by atoms with Gasteiger partial charge in [0.2, 0.25) is 0 Å². The SMILES string of the molecule is CCc1cccc(CC)c1-c1cc(OC)c2c(n1)CCCC2N1CCc2c(Cl)cccc2C1. The van der Waals surface area contributed by atoms with Crippen LogP contribution in [0.15, 0.2) is 42.5 Å². The molecule has 3 nitrogen and oxygen atoms in total. The molecule has 0 amide bonds. The van der Waals surface area contributed by atoms with Crippen LogP contribution in [0.3, 0.4) is 0 Å². The molecule has 0 radical (unpaired) electrons. The smallest absolute Gasteiger partial charge is 0.127 e. The van der Waals surface area contributed by atoms with Crippen molar-refractivity contribution in [3.05, 3.63) is 81.0 Å². The van der Waals surface area contributed by atoms with E-state index in [1.807, 2.05) is 13.2 Å². The van der Waals surface area contributed by atoms with E-state index in [-0.39, 0.29) is 0 Å². The van der Waals surface area contributed by atoms with Crippen molar-refractivity contribution >= 4 is 11.6 Å². The number of aryl methyl sites for hydroxylation is 3. The van der Waals surface area contributed by atoms with E-state index < -0.39 is 0 Å². The fraction of sp³-hybridized carbons (Fsp3) is 0.414. The van der Waals surface area contributed by atoms with Crippen LogP contribution in [0.4, 0.5) is 0 Å². The molecule has 1 aliphatic heterocycles. The van der Waals surface area contributed by atoms with E-state index in [9.17, 15) is 0 Å². The monoisotopic (exact) mass is 460 g/mol. The summed E-state index contributed by atoms with van der Waals surface area (Å²) in [7, 11) is 1.81. The van der Waals surface area contributed by atoms with Crippen LogP contribution >= 0.6 is 11.6 Å². The Morgan fingerprint density at radius 2 is 1.82 bits per heavy atom. The van der Waals surface area contributed by atoms with Gasteiger partial charge in [0, 0.05) is 47.0 Å². The summed E-state index contributed by atoms with van der Waals surface area (Å²) in [4.78, 5) is 7.89. The predicted octanol–water partition coefficient (Wildman–Crippen LogP) is 6.97. The minimum Gasteiger partial charge on any atom is -0.496 e. The van der Waals surface area contributed by atoms with Crippen LogP contribution in [0, 0.1) is 0 Å². The Hall–Kier alpha value is -2.36. The number of pyridine rings is 1. The van der Waals surface area contributed by atoms with Crippen molar-refractivity contribution < 1.29 is 4.74 Å². The second-order valence-electron chi connectivity index (χ2n) is 9.23. The molecule has 2 heterocycles. The van der Waals surface area contributed by atoms with Crippen molar-refractivity contribution in [1.29, 1.82) is 0 Å². The number of hydrogen-bond acceptors (Lipinski definition) is 3. The normalized spacial score (nSPS) is 18.0. The number of hydrogen-bond donors (Lipinski definition) is 0. The fourth-order valence-electron chi connectivity index (χ4n) is 5.82. The zero-order chi connectivity index (χ0) is 22.9. The van der Waals surface area contributed by atoms with Crippen LogP contribution in [0.2, 0.25) is 5.02 Å². The van der Waals surface area contributed by atoms with Gasteiger partial charge in [0.25, 0.3) is 0 Å². The molecule has 2 aliphatic rings. The van der Waals surface area contributed by atoms with Crippen LogP contribution < -0.4 is 4.74 Å². The number of halogens is 1. The lowest BCUT2D eigenvalue weighted by atomic mass is 9.86. The minimum absolute atomic E-state index is 0.337. The average Bonchev–Trinajstić information content (AvgIpc) is 2.87. The lowest BCUT2D eigenvalue weighted by Crippen LogP contribution is -2.36. The largest absolute Gasteiger partial charge is 0.496 e. The van der Waals surface area contributed by atoms with Gasteiger partial charge >= 0.3 is 0 Å². The van der Waals surface area contributed by atoms with E-state index in [4.69, 9.17) is 21.3 Å². The number of methoxy groups -OCH3 is 1. The van der Waals surface area contributed by atoms with E-state index in [0.29, 0.717) is 6.04 Å². The Kier molecular flexibility index (Phi) is 6.44. The Balaban J connectivity index is 1.56. The summed E-state index contributed by atoms with van der Waals surface area (Å²) in [6.07, 6.45) is 6.32. The minimum atomic E-state index is 0.337. The summed E-state index contributed by atoms with van der Waals surface area (Å²) in [5.74, 6) is 0.990. The molecule has 172 valence electrons. The first-order valence-electron chi connectivity index (χ1n) is 12.3. The maximum Gasteiger partial charge on any atom is 0.127 e. The molecule has 4 heteroatoms. The van der Waals surface area contributed by atoms with Gasteiger partial charge in [0.15, 0.2) is 0 Å². The maximum atomic E-state index is 6.48. The molecule has 1 atom stereocenters. The van der Waals surface area contributed by atoms with Crippen LogP contribution in [0.5, 0.6) is 5.75 Å². The van der Waals surface area contributed by atoms with Crippen molar-refractivity contribution in [3.63, 3.8) is 0 Å². The van der Waals surface area contributed by atoms with Crippen LogP contribution in [0.25, 0.3) is 11.3 Å². The van der Waals surface area contributed by atoms with Gasteiger partial charge in [0.1, 0.15) is 5.75 Å². The summed E-state index contributed by atoms with van der Waals surface area (Å²) in [6, 6.07) is 15.5. The number of ether oxygens (including phenoxy) is 1. The Morgan fingerprint density at radius 1 is 1.06 bits per heavy atom. The maximum absolute atomic E-state index is 6.48. The van der Waals surface area contributed by atoms with Gasteiger partial charge in [-0.3, -0.25) is 9.88 Å². The van der Waals surface area contributed by atoms with Gasteiger partial charge < -0.3 is 4.74 Å². The fourth-order valence-corrected chi connectivity index (χ4v) is 6.11. The van der Waals surface area contributed by atoms with Crippen LogP contribution in [0.1, 0.15) is 66.2 Å². The summed E-state index contributed by atoms with van der Waals surface area (Å²) in [6.45, 7) is 6.41. The Labute approximate surface area is 202 Å². The number of benzene rings is 2. The molecule has 0 spiro atoms. The average molecular weight is 461 g/mol. The van der Waals surface area contributed by atoms with Gasteiger partial charge in [-0.25, -0.2) is 0 Å². The molecule has 0 saturated carbocycles. The number of aromatic nitrogens is 1. The van der Waals surface area contributed by atoms with Gasteiger partial charge in [-0.05, 0) is 66.8 Å². The van der Waals surface area contributed by atoms with Crippen molar-refractivity contribution in [3.8, 4) is 17.0 Å². The van der Waals surface area contributed by atoms with Crippen molar-refractivity contribution in [2.24, 2.45) is 0 Å². The molecule has 5 rings (SSSR count). The number of nitrogens with zero attached hydrogens (tertiary/aromatic N) is 2. The molecule has 1 unspecified atom stereocenters. The molecule has 1 aromatic heterocycles. The number of fused-ring (bicyclic) bond motifs is 2. The Bertz CT molecular complexity index is 1130. The number of rotatable bonds is 5. The summed E-state index contributed by atoms with van der Waals surface area (Å²) >= 11 is 6.48. The summed E-state index contributed by atoms with van der Waals surface area (Å²) < 4.78 is 6.04. The highest BCUT2D eigenvalue weighted by Crippen LogP contribution is 2.43. The molecule has 0 bridgehead atoms.